The van der Waals surface area contributed by atoms with Crippen LogP contribution in [0.1, 0.15) is 40.0 Å². The van der Waals surface area contributed by atoms with E-state index in [0.29, 0.717) is 24.8 Å². The lowest BCUT2D eigenvalue weighted by molar-refractivity contribution is -0.157. The van der Waals surface area contributed by atoms with Gasteiger partial charge in [0, 0.05) is 6.54 Å². The number of carbonyl (C=O) groups is 2. The van der Waals surface area contributed by atoms with Crippen LogP contribution in [0.25, 0.3) is 0 Å². The van der Waals surface area contributed by atoms with Crippen LogP contribution >= 0.6 is 0 Å². The van der Waals surface area contributed by atoms with Crippen LogP contribution in [0.5, 0.6) is 0 Å². The number of nitrogens with one attached hydrogen (secondary N) is 1. The summed E-state index contributed by atoms with van der Waals surface area (Å²) < 4.78 is 0. The van der Waals surface area contributed by atoms with Crippen LogP contribution in [-0.2, 0) is 9.59 Å². The molecule has 0 aromatic rings. The summed E-state index contributed by atoms with van der Waals surface area (Å²) in [7, 11) is 0. The van der Waals surface area contributed by atoms with Gasteiger partial charge < -0.3 is 10.2 Å². The highest BCUT2D eigenvalue weighted by Gasteiger charge is 2.56. The molecule has 0 aromatic carbocycles. The molecule has 1 heterocycles. The Kier molecular flexibility index (Phi) is 3.70. The van der Waals surface area contributed by atoms with Crippen molar-refractivity contribution in [2.45, 2.75) is 51.6 Å². The van der Waals surface area contributed by atoms with Gasteiger partial charge in [0.2, 0.25) is 11.8 Å². The molecular weight excluding hydrogens is 240 g/mol. The Bertz CT molecular complexity index is 401. The third-order valence-electron chi connectivity index (χ3n) is 4.28. The standard InChI is InChI=1S/C15H24N2O2/c1-5-8-17-13(18)12(9-10(2)3)16-14(19)15(17,4)11-6-7-11/h5,10-12H,1,6-9H2,2-4H3,(H,16,19). The maximum absolute atomic E-state index is 12.6. The topological polar surface area (TPSA) is 49.4 Å². The van der Waals surface area contributed by atoms with E-state index in [1.807, 2.05) is 6.92 Å². The van der Waals surface area contributed by atoms with E-state index in [-0.39, 0.29) is 17.9 Å². The first-order valence-electron chi connectivity index (χ1n) is 7.14. The monoisotopic (exact) mass is 264 g/mol. The molecule has 1 N–H and O–H groups in total. The average molecular weight is 264 g/mol. The van der Waals surface area contributed by atoms with Gasteiger partial charge in [-0.2, -0.15) is 0 Å². The summed E-state index contributed by atoms with van der Waals surface area (Å²) in [5, 5.41) is 2.93. The van der Waals surface area contributed by atoms with Gasteiger partial charge in [0.05, 0.1) is 0 Å². The highest BCUT2D eigenvalue weighted by Crippen LogP contribution is 2.45. The van der Waals surface area contributed by atoms with Gasteiger partial charge in [-0.1, -0.05) is 19.9 Å². The molecule has 0 spiro atoms. The van der Waals surface area contributed by atoms with Crippen molar-refractivity contribution in [1.82, 2.24) is 10.2 Å². The van der Waals surface area contributed by atoms with Crippen molar-refractivity contribution in [3.8, 4) is 0 Å². The molecule has 0 radical (unpaired) electrons. The van der Waals surface area contributed by atoms with Crippen molar-refractivity contribution < 1.29 is 9.59 Å². The minimum atomic E-state index is -0.682. The van der Waals surface area contributed by atoms with Crippen LogP contribution in [-0.4, -0.2) is 34.8 Å². The van der Waals surface area contributed by atoms with Crippen LogP contribution in [0.15, 0.2) is 12.7 Å². The van der Waals surface area contributed by atoms with Gasteiger partial charge in [-0.3, -0.25) is 9.59 Å². The summed E-state index contributed by atoms with van der Waals surface area (Å²) >= 11 is 0. The smallest absolute Gasteiger partial charge is 0.246 e. The van der Waals surface area contributed by atoms with Crippen molar-refractivity contribution in [1.29, 1.82) is 0 Å². The lowest BCUT2D eigenvalue weighted by Crippen LogP contribution is -2.70. The van der Waals surface area contributed by atoms with Crippen LogP contribution in [0.2, 0.25) is 0 Å². The zero-order valence-electron chi connectivity index (χ0n) is 12.1. The van der Waals surface area contributed by atoms with E-state index in [4.69, 9.17) is 0 Å². The molecule has 2 amide bonds. The van der Waals surface area contributed by atoms with Crippen LogP contribution in [0.3, 0.4) is 0 Å². The van der Waals surface area contributed by atoms with Crippen molar-refractivity contribution in [3.05, 3.63) is 12.7 Å². The molecule has 1 saturated heterocycles. The lowest BCUT2D eigenvalue weighted by Gasteiger charge is -2.46. The van der Waals surface area contributed by atoms with Gasteiger partial charge in [0.15, 0.2) is 0 Å². The lowest BCUT2D eigenvalue weighted by atomic mass is 9.86. The average Bonchev–Trinajstić information content (AvgIpc) is 3.15. The molecule has 2 fully saturated rings. The fourth-order valence-electron chi connectivity index (χ4n) is 3.00. The number of nitrogens with zero attached hydrogens (tertiary/aromatic N) is 1. The molecule has 1 aliphatic carbocycles. The summed E-state index contributed by atoms with van der Waals surface area (Å²) in [6.07, 6.45) is 4.46. The van der Waals surface area contributed by atoms with Crippen molar-refractivity contribution in [3.63, 3.8) is 0 Å². The number of hydrogen-bond acceptors (Lipinski definition) is 2. The first kappa shape index (κ1) is 14.1. The summed E-state index contributed by atoms with van der Waals surface area (Å²) in [4.78, 5) is 26.8. The number of amides is 2. The molecule has 106 valence electrons. The van der Waals surface area contributed by atoms with E-state index in [0.717, 1.165) is 12.8 Å². The van der Waals surface area contributed by atoms with Crippen LogP contribution in [0.4, 0.5) is 0 Å². The summed E-state index contributed by atoms with van der Waals surface area (Å²) in [6, 6.07) is -0.376. The molecule has 2 aliphatic rings. The quantitative estimate of drug-likeness (QED) is 0.769. The molecule has 1 aliphatic heterocycles. The number of hydrogen-bond donors (Lipinski definition) is 1. The zero-order valence-corrected chi connectivity index (χ0v) is 12.1. The number of piperazine rings is 1. The Hall–Kier alpha value is -1.32. The van der Waals surface area contributed by atoms with Gasteiger partial charge in [-0.15, -0.1) is 6.58 Å². The van der Waals surface area contributed by atoms with Gasteiger partial charge in [-0.25, -0.2) is 0 Å². The largest absolute Gasteiger partial charge is 0.342 e. The summed E-state index contributed by atoms with van der Waals surface area (Å²) in [5.41, 5.74) is -0.682. The second-order valence-electron chi connectivity index (χ2n) is 6.31. The van der Waals surface area contributed by atoms with Crippen LogP contribution < -0.4 is 5.32 Å². The molecule has 1 saturated carbocycles. The van der Waals surface area contributed by atoms with E-state index in [1.165, 1.54) is 0 Å². The molecule has 19 heavy (non-hydrogen) atoms. The highest BCUT2D eigenvalue weighted by atomic mass is 16.2. The van der Waals surface area contributed by atoms with E-state index in [1.54, 1.807) is 11.0 Å². The van der Waals surface area contributed by atoms with Crippen molar-refractivity contribution >= 4 is 11.8 Å². The van der Waals surface area contributed by atoms with E-state index in [9.17, 15) is 9.59 Å². The normalized spacial score (nSPS) is 31.6. The molecule has 2 rings (SSSR count). The van der Waals surface area contributed by atoms with Crippen LogP contribution in [0, 0.1) is 11.8 Å². The third-order valence-corrected chi connectivity index (χ3v) is 4.28. The van der Waals surface area contributed by atoms with E-state index >= 15 is 0 Å². The third kappa shape index (κ3) is 2.40. The predicted octanol–water partition coefficient (Wildman–Crippen LogP) is 1.71. The Morgan fingerprint density at radius 2 is 2.11 bits per heavy atom. The molecule has 4 heteroatoms. The Morgan fingerprint density at radius 1 is 1.47 bits per heavy atom. The minimum absolute atomic E-state index is 0.00194. The maximum Gasteiger partial charge on any atom is 0.246 e. The number of carbonyl (C=O) groups excluding carboxylic acids is 2. The van der Waals surface area contributed by atoms with E-state index in [2.05, 4.69) is 25.7 Å². The Morgan fingerprint density at radius 3 is 2.58 bits per heavy atom. The second-order valence-corrected chi connectivity index (χ2v) is 6.31. The Labute approximate surface area is 115 Å². The minimum Gasteiger partial charge on any atom is -0.342 e. The SMILES string of the molecule is C=CCN1C(=O)C(CC(C)C)NC(=O)C1(C)C1CC1. The molecule has 0 aromatic heterocycles. The van der Waals surface area contributed by atoms with Gasteiger partial charge in [0.25, 0.3) is 0 Å². The molecule has 0 bridgehead atoms. The Balaban J connectivity index is 2.26. The molecular formula is C15H24N2O2. The first-order chi connectivity index (χ1) is 8.91. The summed E-state index contributed by atoms with van der Waals surface area (Å²) in [5.74, 6) is 0.728. The summed E-state index contributed by atoms with van der Waals surface area (Å²) in [6.45, 7) is 10.2. The highest BCUT2D eigenvalue weighted by molar-refractivity contribution is 6.00. The fraction of sp³-hybridized carbons (Fsp3) is 0.733. The van der Waals surface area contributed by atoms with Gasteiger partial charge >= 0.3 is 0 Å². The maximum atomic E-state index is 12.6. The predicted molar refractivity (Wildman–Crippen MR) is 74.4 cm³/mol. The zero-order chi connectivity index (χ0) is 14.2. The first-order valence-corrected chi connectivity index (χ1v) is 7.14. The molecule has 2 unspecified atom stereocenters. The molecule has 2 atom stereocenters. The van der Waals surface area contributed by atoms with Gasteiger partial charge in [-0.05, 0) is 38.0 Å². The van der Waals surface area contributed by atoms with Gasteiger partial charge in [0.1, 0.15) is 11.6 Å². The fourth-order valence-corrected chi connectivity index (χ4v) is 3.00. The molecule has 4 nitrogen and oxygen atoms in total. The van der Waals surface area contributed by atoms with E-state index < -0.39 is 5.54 Å². The second kappa shape index (κ2) is 4.99. The number of rotatable bonds is 5. The van der Waals surface area contributed by atoms with Crippen molar-refractivity contribution in [2.24, 2.45) is 11.8 Å². The van der Waals surface area contributed by atoms with Crippen molar-refractivity contribution in [2.75, 3.05) is 6.54 Å².